The lowest BCUT2D eigenvalue weighted by Gasteiger charge is -2.14. The molecule has 86 valence electrons. The summed E-state index contributed by atoms with van der Waals surface area (Å²) in [6.07, 6.45) is 0.121. The van der Waals surface area contributed by atoms with Crippen LogP contribution in [0.2, 0.25) is 0 Å². The Labute approximate surface area is 94.1 Å². The normalized spacial score (nSPS) is 18.4. The Kier molecular flexibility index (Phi) is 2.83. The topological polar surface area (TPSA) is 44.8 Å². The third kappa shape index (κ3) is 1.46. The molecule has 4 heteroatoms. The number of hydrogen-bond acceptors (Lipinski definition) is 4. The lowest BCUT2D eigenvalue weighted by molar-refractivity contribution is 0.0805. The number of hydrogen-bond donors (Lipinski definition) is 0. The third-order valence-electron chi connectivity index (χ3n) is 2.86. The van der Waals surface area contributed by atoms with Gasteiger partial charge in [0.15, 0.2) is 5.78 Å². The lowest BCUT2D eigenvalue weighted by Crippen LogP contribution is -2.00. The summed E-state index contributed by atoms with van der Waals surface area (Å²) in [4.78, 5) is 11.9. The van der Waals surface area contributed by atoms with Gasteiger partial charge >= 0.3 is 0 Å². The second-order valence-electron chi connectivity index (χ2n) is 3.61. The van der Waals surface area contributed by atoms with Crippen molar-refractivity contribution >= 4 is 5.78 Å². The van der Waals surface area contributed by atoms with Gasteiger partial charge in [0, 0.05) is 19.1 Å². The highest BCUT2D eigenvalue weighted by Crippen LogP contribution is 2.43. The minimum atomic E-state index is -0.229. The van der Waals surface area contributed by atoms with Crippen molar-refractivity contribution in [2.75, 3.05) is 21.3 Å². The van der Waals surface area contributed by atoms with E-state index in [1.807, 2.05) is 0 Å². The Hall–Kier alpha value is -1.55. The van der Waals surface area contributed by atoms with Crippen LogP contribution in [-0.4, -0.2) is 27.1 Å². The molecular weight excluding hydrogens is 208 g/mol. The molecular formula is C12H14O4. The van der Waals surface area contributed by atoms with Gasteiger partial charge in [-0.2, -0.15) is 0 Å². The number of ketones is 1. The van der Waals surface area contributed by atoms with Gasteiger partial charge in [0.2, 0.25) is 0 Å². The zero-order valence-electron chi connectivity index (χ0n) is 9.57. The minimum absolute atomic E-state index is 0.0394. The first kappa shape index (κ1) is 11.0. The predicted molar refractivity (Wildman–Crippen MR) is 58.2 cm³/mol. The van der Waals surface area contributed by atoms with Crippen LogP contribution in [0.3, 0.4) is 0 Å². The molecule has 1 aromatic rings. The first-order valence-electron chi connectivity index (χ1n) is 5.03. The zero-order valence-corrected chi connectivity index (χ0v) is 9.57. The van der Waals surface area contributed by atoms with E-state index >= 15 is 0 Å². The Balaban J connectivity index is 2.64. The van der Waals surface area contributed by atoms with Crippen molar-refractivity contribution in [2.24, 2.45) is 0 Å². The van der Waals surface area contributed by atoms with Gasteiger partial charge in [-0.3, -0.25) is 4.79 Å². The molecule has 0 spiro atoms. The third-order valence-corrected chi connectivity index (χ3v) is 2.86. The Morgan fingerprint density at radius 2 is 1.75 bits per heavy atom. The quantitative estimate of drug-likeness (QED) is 0.784. The highest BCUT2D eigenvalue weighted by molar-refractivity contribution is 6.04. The fraction of sp³-hybridized carbons (Fsp3) is 0.417. The standard InChI is InChI=1S/C12H14O4/c1-14-8-4-5-9(15-2)12-10(16-3)6-7(13)11(8)12/h4-5,10H,6H2,1-3H3. The molecule has 0 aliphatic heterocycles. The molecule has 4 nitrogen and oxygen atoms in total. The molecule has 0 amide bonds. The molecule has 0 fully saturated rings. The first-order valence-corrected chi connectivity index (χ1v) is 5.03. The number of methoxy groups -OCH3 is 3. The molecule has 0 saturated heterocycles. The van der Waals surface area contributed by atoms with Crippen LogP contribution < -0.4 is 9.47 Å². The maximum absolute atomic E-state index is 11.9. The summed E-state index contributed by atoms with van der Waals surface area (Å²) in [7, 11) is 4.72. The maximum atomic E-state index is 11.9. The van der Waals surface area contributed by atoms with Crippen LogP contribution in [0.5, 0.6) is 11.5 Å². The number of ether oxygens (including phenoxy) is 3. The van der Waals surface area contributed by atoms with Gasteiger partial charge in [-0.1, -0.05) is 0 Å². The molecule has 2 rings (SSSR count). The van der Waals surface area contributed by atoms with Crippen LogP contribution >= 0.6 is 0 Å². The van der Waals surface area contributed by atoms with E-state index in [1.54, 1.807) is 33.5 Å². The van der Waals surface area contributed by atoms with Crippen LogP contribution in [0.15, 0.2) is 12.1 Å². The summed E-state index contributed by atoms with van der Waals surface area (Å²) in [5.41, 5.74) is 1.39. The van der Waals surface area contributed by atoms with Crippen molar-refractivity contribution in [1.82, 2.24) is 0 Å². The fourth-order valence-electron chi connectivity index (χ4n) is 2.11. The molecule has 1 aliphatic carbocycles. The molecule has 1 unspecified atom stereocenters. The summed E-state index contributed by atoms with van der Waals surface area (Å²) in [6, 6.07) is 3.54. The predicted octanol–water partition coefficient (Wildman–Crippen LogP) is 1.98. The Bertz CT molecular complexity index is 425. The monoisotopic (exact) mass is 222 g/mol. The molecule has 1 atom stereocenters. The number of carbonyl (C=O) groups is 1. The van der Waals surface area contributed by atoms with Gasteiger partial charge < -0.3 is 14.2 Å². The molecule has 1 aliphatic rings. The Morgan fingerprint density at radius 1 is 1.12 bits per heavy atom. The van der Waals surface area contributed by atoms with Crippen molar-refractivity contribution in [3.8, 4) is 11.5 Å². The molecule has 1 aromatic carbocycles. The molecule has 0 aromatic heterocycles. The van der Waals surface area contributed by atoms with Crippen LogP contribution in [-0.2, 0) is 4.74 Å². The summed E-state index contributed by atoms with van der Waals surface area (Å²) in [6.45, 7) is 0. The van der Waals surface area contributed by atoms with Crippen molar-refractivity contribution in [3.05, 3.63) is 23.3 Å². The smallest absolute Gasteiger partial charge is 0.170 e. The molecule has 0 saturated carbocycles. The highest BCUT2D eigenvalue weighted by Gasteiger charge is 2.35. The number of carbonyl (C=O) groups excluding carboxylic acids is 1. The van der Waals surface area contributed by atoms with Crippen LogP contribution in [0.4, 0.5) is 0 Å². The largest absolute Gasteiger partial charge is 0.496 e. The minimum Gasteiger partial charge on any atom is -0.496 e. The van der Waals surface area contributed by atoms with Crippen molar-refractivity contribution in [3.63, 3.8) is 0 Å². The summed E-state index contributed by atoms with van der Waals surface area (Å²) in [5, 5.41) is 0. The molecule has 0 bridgehead atoms. The van der Waals surface area contributed by atoms with Gasteiger partial charge in [-0.25, -0.2) is 0 Å². The number of benzene rings is 1. The van der Waals surface area contributed by atoms with Gasteiger partial charge in [-0.15, -0.1) is 0 Å². The highest BCUT2D eigenvalue weighted by atomic mass is 16.5. The zero-order chi connectivity index (χ0) is 11.7. The lowest BCUT2D eigenvalue weighted by atomic mass is 10.1. The molecule has 16 heavy (non-hydrogen) atoms. The van der Waals surface area contributed by atoms with Crippen LogP contribution in [0.1, 0.15) is 28.4 Å². The maximum Gasteiger partial charge on any atom is 0.170 e. The van der Waals surface area contributed by atoms with Gasteiger partial charge in [0.1, 0.15) is 11.5 Å². The summed E-state index contributed by atoms with van der Waals surface area (Å²) >= 11 is 0. The van der Waals surface area contributed by atoms with E-state index in [-0.39, 0.29) is 11.9 Å². The second kappa shape index (κ2) is 4.14. The number of rotatable bonds is 3. The second-order valence-corrected chi connectivity index (χ2v) is 3.61. The van der Waals surface area contributed by atoms with Gasteiger partial charge in [0.25, 0.3) is 0 Å². The average Bonchev–Trinajstić information content (AvgIpc) is 2.66. The van der Waals surface area contributed by atoms with E-state index in [0.29, 0.717) is 23.5 Å². The SMILES string of the molecule is COc1ccc(OC)c2c1C(=O)CC2OC. The van der Waals surface area contributed by atoms with E-state index in [9.17, 15) is 4.79 Å². The molecule has 0 heterocycles. The number of Topliss-reactive ketones (excluding diaryl/α,β-unsaturated/α-hetero) is 1. The van der Waals surface area contributed by atoms with Gasteiger partial charge in [-0.05, 0) is 12.1 Å². The van der Waals surface area contributed by atoms with E-state index in [0.717, 1.165) is 5.56 Å². The molecule has 0 radical (unpaired) electrons. The van der Waals surface area contributed by atoms with Crippen LogP contribution in [0, 0.1) is 0 Å². The van der Waals surface area contributed by atoms with Crippen molar-refractivity contribution in [2.45, 2.75) is 12.5 Å². The van der Waals surface area contributed by atoms with Crippen molar-refractivity contribution < 1.29 is 19.0 Å². The van der Waals surface area contributed by atoms with Crippen LogP contribution in [0.25, 0.3) is 0 Å². The molecule has 0 N–H and O–H groups in total. The van der Waals surface area contributed by atoms with Gasteiger partial charge in [0.05, 0.1) is 25.9 Å². The fourth-order valence-corrected chi connectivity index (χ4v) is 2.11. The van der Waals surface area contributed by atoms with E-state index in [4.69, 9.17) is 14.2 Å². The number of fused-ring (bicyclic) bond motifs is 1. The average molecular weight is 222 g/mol. The van der Waals surface area contributed by atoms with E-state index in [2.05, 4.69) is 0 Å². The van der Waals surface area contributed by atoms with E-state index < -0.39 is 0 Å². The van der Waals surface area contributed by atoms with E-state index in [1.165, 1.54) is 0 Å². The Morgan fingerprint density at radius 3 is 2.31 bits per heavy atom. The summed E-state index contributed by atoms with van der Waals surface area (Å²) in [5.74, 6) is 1.30. The first-order chi connectivity index (χ1) is 7.72. The van der Waals surface area contributed by atoms with Crippen molar-refractivity contribution in [1.29, 1.82) is 0 Å². The summed E-state index contributed by atoms with van der Waals surface area (Å²) < 4.78 is 15.7.